The van der Waals surface area contributed by atoms with Crippen LogP contribution in [0.5, 0.6) is 0 Å². The predicted octanol–water partition coefficient (Wildman–Crippen LogP) is 2.11. The maximum Gasteiger partial charge on any atom is 0.281 e. The summed E-state index contributed by atoms with van der Waals surface area (Å²) in [6.45, 7) is 0. The number of carbonyl (C=O) groups is 1. The quantitative estimate of drug-likeness (QED) is 0.531. The molecule has 0 bridgehead atoms. The Morgan fingerprint density at radius 1 is 1.38 bits per heavy atom. The molecule has 0 radical (unpaired) electrons. The summed E-state index contributed by atoms with van der Waals surface area (Å²) < 4.78 is 49.0. The lowest BCUT2D eigenvalue weighted by atomic mass is 10.2. The van der Waals surface area contributed by atoms with Crippen LogP contribution in [0.2, 0.25) is 0 Å². The first kappa shape index (κ1) is 9.63. The molecule has 0 atom stereocenters. The Morgan fingerprint density at radius 2 is 2.00 bits per heavy atom. The molecule has 2 nitrogen and oxygen atoms in total. The SMILES string of the molecule is O=Cc1c(C(F)F)ncc(F)c1F. The van der Waals surface area contributed by atoms with E-state index in [0.717, 1.165) is 0 Å². The molecule has 1 aromatic rings. The minimum Gasteiger partial charge on any atom is -0.298 e. The monoisotopic (exact) mass is 193 g/mol. The van der Waals surface area contributed by atoms with Crippen LogP contribution in [0.15, 0.2) is 6.20 Å². The molecule has 0 fully saturated rings. The van der Waals surface area contributed by atoms with Gasteiger partial charge in [-0.3, -0.25) is 9.78 Å². The van der Waals surface area contributed by atoms with Gasteiger partial charge in [-0.15, -0.1) is 0 Å². The van der Waals surface area contributed by atoms with Gasteiger partial charge < -0.3 is 0 Å². The summed E-state index contributed by atoms with van der Waals surface area (Å²) in [6, 6.07) is 0. The van der Waals surface area contributed by atoms with E-state index in [1.54, 1.807) is 0 Å². The van der Waals surface area contributed by atoms with Crippen molar-refractivity contribution in [1.29, 1.82) is 0 Å². The number of alkyl halides is 2. The largest absolute Gasteiger partial charge is 0.298 e. The molecule has 0 amide bonds. The van der Waals surface area contributed by atoms with Crippen LogP contribution in [0, 0.1) is 11.6 Å². The summed E-state index contributed by atoms with van der Waals surface area (Å²) in [5, 5.41) is 0. The highest BCUT2D eigenvalue weighted by Gasteiger charge is 2.20. The zero-order valence-electron chi connectivity index (χ0n) is 6.10. The maximum absolute atomic E-state index is 12.6. The molecule has 0 aliphatic heterocycles. The number of carbonyl (C=O) groups excluding carboxylic acids is 1. The van der Waals surface area contributed by atoms with Gasteiger partial charge in [0.15, 0.2) is 17.9 Å². The fourth-order valence-corrected chi connectivity index (χ4v) is 0.780. The standard InChI is InChI=1S/C7H3F4NO/c8-4-1-12-6(7(10)11)3(2-13)5(4)9/h1-2,7H. The van der Waals surface area contributed by atoms with Crippen molar-refractivity contribution in [2.24, 2.45) is 0 Å². The van der Waals surface area contributed by atoms with E-state index >= 15 is 0 Å². The molecular weight excluding hydrogens is 190 g/mol. The molecule has 0 spiro atoms. The lowest BCUT2D eigenvalue weighted by Crippen LogP contribution is -2.03. The third kappa shape index (κ3) is 1.66. The third-order valence-corrected chi connectivity index (χ3v) is 1.36. The van der Waals surface area contributed by atoms with Crippen molar-refractivity contribution in [2.45, 2.75) is 6.43 Å². The van der Waals surface area contributed by atoms with Crippen LogP contribution in [-0.4, -0.2) is 11.3 Å². The zero-order chi connectivity index (χ0) is 10.0. The van der Waals surface area contributed by atoms with E-state index in [1.807, 2.05) is 0 Å². The Bertz CT molecular complexity index is 340. The van der Waals surface area contributed by atoms with Gasteiger partial charge in [-0.2, -0.15) is 0 Å². The molecule has 0 aliphatic carbocycles. The molecular formula is C7H3F4NO. The van der Waals surface area contributed by atoms with E-state index in [1.165, 1.54) is 0 Å². The molecule has 6 heteroatoms. The molecule has 1 rings (SSSR count). The molecule has 13 heavy (non-hydrogen) atoms. The van der Waals surface area contributed by atoms with Crippen molar-refractivity contribution in [2.75, 3.05) is 0 Å². The minimum atomic E-state index is -3.10. The second kappa shape index (κ2) is 3.51. The highest BCUT2D eigenvalue weighted by molar-refractivity contribution is 5.76. The molecule has 0 saturated carbocycles. The molecule has 0 unspecified atom stereocenters. The Kier molecular flexibility index (Phi) is 2.60. The van der Waals surface area contributed by atoms with E-state index in [9.17, 15) is 22.4 Å². The van der Waals surface area contributed by atoms with Crippen molar-refractivity contribution in [3.63, 3.8) is 0 Å². The van der Waals surface area contributed by atoms with Crippen molar-refractivity contribution < 1.29 is 22.4 Å². The van der Waals surface area contributed by atoms with Crippen LogP contribution in [-0.2, 0) is 0 Å². The second-order valence-electron chi connectivity index (χ2n) is 2.14. The van der Waals surface area contributed by atoms with Crippen LogP contribution in [0.25, 0.3) is 0 Å². The number of aldehydes is 1. The van der Waals surface area contributed by atoms with Crippen LogP contribution in [0.4, 0.5) is 17.6 Å². The second-order valence-corrected chi connectivity index (χ2v) is 2.14. The van der Waals surface area contributed by atoms with Gasteiger partial charge in [-0.05, 0) is 0 Å². The maximum atomic E-state index is 12.6. The van der Waals surface area contributed by atoms with Gasteiger partial charge in [-0.25, -0.2) is 17.6 Å². The van der Waals surface area contributed by atoms with Crippen LogP contribution in [0.1, 0.15) is 22.5 Å². The fourth-order valence-electron chi connectivity index (χ4n) is 0.780. The molecule has 70 valence electrons. The highest BCUT2D eigenvalue weighted by Crippen LogP contribution is 2.22. The van der Waals surface area contributed by atoms with Crippen molar-refractivity contribution in [1.82, 2.24) is 4.98 Å². The predicted molar refractivity (Wildman–Crippen MR) is 34.5 cm³/mol. The van der Waals surface area contributed by atoms with Gasteiger partial charge in [0, 0.05) is 0 Å². The lowest BCUT2D eigenvalue weighted by molar-refractivity contribution is 0.109. The highest BCUT2D eigenvalue weighted by atomic mass is 19.3. The average molecular weight is 193 g/mol. The molecule has 0 N–H and O–H groups in total. The Balaban J connectivity index is 3.38. The van der Waals surface area contributed by atoms with Crippen molar-refractivity contribution in [3.8, 4) is 0 Å². The fraction of sp³-hybridized carbons (Fsp3) is 0.143. The molecule has 0 saturated heterocycles. The zero-order valence-corrected chi connectivity index (χ0v) is 6.10. The van der Waals surface area contributed by atoms with E-state index in [2.05, 4.69) is 4.98 Å². The summed E-state index contributed by atoms with van der Waals surface area (Å²) >= 11 is 0. The molecule has 0 aliphatic rings. The van der Waals surface area contributed by atoms with Gasteiger partial charge in [0.1, 0.15) is 5.69 Å². The number of pyridine rings is 1. The first-order chi connectivity index (χ1) is 6.07. The van der Waals surface area contributed by atoms with Crippen molar-refractivity contribution in [3.05, 3.63) is 29.1 Å². The third-order valence-electron chi connectivity index (χ3n) is 1.36. The van der Waals surface area contributed by atoms with Gasteiger partial charge in [-0.1, -0.05) is 0 Å². The van der Waals surface area contributed by atoms with E-state index in [4.69, 9.17) is 0 Å². The first-order valence-corrected chi connectivity index (χ1v) is 3.15. The first-order valence-electron chi connectivity index (χ1n) is 3.15. The number of hydrogen-bond donors (Lipinski definition) is 0. The van der Waals surface area contributed by atoms with Crippen molar-refractivity contribution >= 4 is 6.29 Å². The van der Waals surface area contributed by atoms with Crippen LogP contribution >= 0.6 is 0 Å². The summed E-state index contributed by atoms with van der Waals surface area (Å²) in [7, 11) is 0. The molecule has 0 aromatic carbocycles. The minimum absolute atomic E-state index is 0.188. The van der Waals surface area contributed by atoms with E-state index in [0.29, 0.717) is 6.20 Å². The average Bonchev–Trinajstić information content (AvgIpc) is 2.09. The van der Waals surface area contributed by atoms with E-state index in [-0.39, 0.29) is 6.29 Å². The summed E-state index contributed by atoms with van der Waals surface area (Å²) in [6.07, 6.45) is -2.98. The number of hydrogen-bond acceptors (Lipinski definition) is 2. The Hall–Kier alpha value is -1.46. The van der Waals surface area contributed by atoms with Crippen LogP contribution in [0.3, 0.4) is 0 Å². The Labute approximate surface area is 70.2 Å². The Morgan fingerprint density at radius 3 is 2.46 bits per heavy atom. The number of halogens is 4. The number of rotatable bonds is 2. The van der Waals surface area contributed by atoms with Crippen LogP contribution < -0.4 is 0 Å². The number of aromatic nitrogens is 1. The summed E-state index contributed by atoms with van der Waals surface area (Å²) in [5.74, 6) is -3.02. The van der Waals surface area contributed by atoms with Gasteiger partial charge >= 0.3 is 0 Å². The lowest BCUT2D eigenvalue weighted by Gasteiger charge is -2.02. The van der Waals surface area contributed by atoms with Gasteiger partial charge in [0.2, 0.25) is 0 Å². The summed E-state index contributed by atoms with van der Waals surface area (Å²) in [4.78, 5) is 13.0. The smallest absolute Gasteiger partial charge is 0.281 e. The summed E-state index contributed by atoms with van der Waals surface area (Å²) in [5.41, 5.74) is -2.08. The molecule has 1 aromatic heterocycles. The van der Waals surface area contributed by atoms with E-state index < -0.39 is 29.3 Å². The van der Waals surface area contributed by atoms with Gasteiger partial charge in [0.05, 0.1) is 11.8 Å². The molecule has 1 heterocycles. The normalized spacial score (nSPS) is 10.5. The number of nitrogens with zero attached hydrogens (tertiary/aromatic N) is 1. The topological polar surface area (TPSA) is 30.0 Å². The van der Waals surface area contributed by atoms with Gasteiger partial charge in [0.25, 0.3) is 6.43 Å².